The van der Waals surface area contributed by atoms with Crippen molar-refractivity contribution >= 4 is 24.0 Å². The van der Waals surface area contributed by atoms with E-state index in [1.165, 1.54) is 11.1 Å². The third-order valence-electron chi connectivity index (χ3n) is 6.00. The summed E-state index contributed by atoms with van der Waals surface area (Å²) >= 11 is 0. The van der Waals surface area contributed by atoms with Crippen LogP contribution in [0, 0.1) is 0 Å². The van der Waals surface area contributed by atoms with Crippen molar-refractivity contribution in [1.29, 1.82) is 0 Å². The second-order valence-electron chi connectivity index (χ2n) is 8.29. The van der Waals surface area contributed by atoms with E-state index < -0.39 is 0 Å². The molecule has 1 aromatic heterocycles. The number of halogens is 1. The van der Waals surface area contributed by atoms with Crippen LogP contribution in [-0.4, -0.2) is 23.2 Å². The zero-order chi connectivity index (χ0) is 21.1. The smallest absolute Gasteiger partial charge is 0.234 e. The molecule has 1 N–H and O–H groups in total. The number of carbonyl (C=O) groups is 1. The van der Waals surface area contributed by atoms with E-state index in [0.717, 1.165) is 41.8 Å². The van der Waals surface area contributed by atoms with Crippen LogP contribution >= 0.6 is 12.4 Å². The Kier molecular flexibility index (Phi) is 7.39. The summed E-state index contributed by atoms with van der Waals surface area (Å²) in [6, 6.07) is 14.5. The van der Waals surface area contributed by atoms with Gasteiger partial charge in [-0.3, -0.25) is 9.89 Å². The molecule has 4 rings (SSSR count). The van der Waals surface area contributed by atoms with E-state index in [4.69, 9.17) is 4.74 Å². The Hall–Kier alpha value is -2.79. The third kappa shape index (κ3) is 4.93. The summed E-state index contributed by atoms with van der Waals surface area (Å²) in [4.78, 5) is 15.8. The lowest BCUT2D eigenvalue weighted by molar-refractivity contribution is -0.120. The Morgan fingerprint density at radius 3 is 2.65 bits per heavy atom. The first-order valence-corrected chi connectivity index (χ1v) is 10.6. The summed E-state index contributed by atoms with van der Waals surface area (Å²) < 4.78 is 5.44. The highest BCUT2D eigenvalue weighted by atomic mass is 35.5. The minimum Gasteiger partial charge on any atom is -0.497 e. The topological polar surface area (TPSA) is 58.2 Å². The number of hydrogen-bond acceptors (Lipinski definition) is 3. The number of H-pyrrole nitrogens is 1. The maximum absolute atomic E-state index is 13.9. The zero-order valence-corrected chi connectivity index (χ0v) is 19.1. The second-order valence-corrected chi connectivity index (χ2v) is 8.29. The highest BCUT2D eigenvalue weighted by Crippen LogP contribution is 2.37. The third-order valence-corrected chi connectivity index (χ3v) is 6.00. The number of carbonyl (C=O) groups excluding carboxylic acids is 1. The lowest BCUT2D eigenvalue weighted by atomic mass is 9.81. The Labute approximate surface area is 190 Å². The van der Waals surface area contributed by atoms with Crippen molar-refractivity contribution in [2.45, 2.75) is 51.5 Å². The van der Waals surface area contributed by atoms with Gasteiger partial charge in [0.2, 0.25) is 5.91 Å². The molecule has 3 aromatic rings. The number of amides is 1. The summed E-state index contributed by atoms with van der Waals surface area (Å²) in [6.07, 6.45) is 6.50. The van der Waals surface area contributed by atoms with Crippen LogP contribution in [0.3, 0.4) is 0 Å². The van der Waals surface area contributed by atoms with Crippen molar-refractivity contribution in [3.05, 3.63) is 77.1 Å². The standard InChI is InChI=1S/C25H29N3O2.ClH/c1-17(2)19-7-10-21(11-8-19)28(16-18-14-26-27-15-18)25(29)23-6-4-5-20-9-12-22(30-3)13-24(20)23;/h7-15,17,23H,4-6,16H2,1-3H3,(H,26,27);1H. The van der Waals surface area contributed by atoms with Crippen LogP contribution < -0.4 is 9.64 Å². The van der Waals surface area contributed by atoms with Crippen LogP contribution in [0.5, 0.6) is 5.75 Å². The molecule has 0 saturated heterocycles. The monoisotopic (exact) mass is 439 g/mol. The Morgan fingerprint density at radius 1 is 1.23 bits per heavy atom. The SMILES string of the molecule is COc1ccc2c(c1)C(C(=O)N(Cc1cn[nH]c1)c1ccc(C(C)C)cc1)CCC2.Cl. The minimum absolute atomic E-state index is 0. The van der Waals surface area contributed by atoms with Crippen LogP contribution in [0.1, 0.15) is 60.8 Å². The molecule has 0 bridgehead atoms. The number of methoxy groups -OCH3 is 1. The minimum atomic E-state index is -0.166. The molecule has 1 heterocycles. The van der Waals surface area contributed by atoms with Gasteiger partial charge < -0.3 is 9.64 Å². The van der Waals surface area contributed by atoms with Crippen LogP contribution in [0.4, 0.5) is 5.69 Å². The normalized spacial score (nSPS) is 15.2. The van der Waals surface area contributed by atoms with E-state index in [2.05, 4.69) is 54.4 Å². The van der Waals surface area contributed by atoms with Gasteiger partial charge in [-0.15, -0.1) is 12.4 Å². The molecule has 0 fully saturated rings. The van der Waals surface area contributed by atoms with Gasteiger partial charge in [0.1, 0.15) is 5.75 Å². The van der Waals surface area contributed by atoms with Crippen molar-refractivity contribution in [2.24, 2.45) is 0 Å². The fourth-order valence-corrected chi connectivity index (χ4v) is 4.23. The molecule has 0 radical (unpaired) electrons. The Bertz CT molecular complexity index is 1000. The van der Waals surface area contributed by atoms with E-state index in [1.54, 1.807) is 13.3 Å². The Balaban J connectivity index is 0.00000272. The first-order chi connectivity index (χ1) is 14.6. The number of aryl methyl sites for hydroxylation is 1. The first kappa shape index (κ1) is 22.9. The van der Waals surface area contributed by atoms with Crippen molar-refractivity contribution in [3.63, 3.8) is 0 Å². The number of nitrogens with zero attached hydrogens (tertiary/aromatic N) is 2. The molecule has 6 heteroatoms. The molecule has 1 unspecified atom stereocenters. The summed E-state index contributed by atoms with van der Waals surface area (Å²) in [6.45, 7) is 4.84. The van der Waals surface area contributed by atoms with Crippen molar-refractivity contribution in [2.75, 3.05) is 12.0 Å². The fraction of sp³-hybridized carbons (Fsp3) is 0.360. The molecule has 164 valence electrons. The van der Waals surface area contributed by atoms with Gasteiger partial charge in [0.25, 0.3) is 0 Å². The summed E-state index contributed by atoms with van der Waals surface area (Å²) in [5.41, 5.74) is 5.52. The first-order valence-electron chi connectivity index (χ1n) is 10.6. The van der Waals surface area contributed by atoms with Gasteiger partial charge in [0, 0.05) is 17.4 Å². The van der Waals surface area contributed by atoms with E-state index in [1.807, 2.05) is 23.2 Å². The van der Waals surface area contributed by atoms with Crippen LogP contribution in [0.15, 0.2) is 54.9 Å². The number of nitrogens with one attached hydrogen (secondary N) is 1. The number of benzene rings is 2. The summed E-state index contributed by atoms with van der Waals surface area (Å²) in [5.74, 6) is 1.22. The van der Waals surface area contributed by atoms with Gasteiger partial charge in [0.05, 0.1) is 25.8 Å². The van der Waals surface area contributed by atoms with Gasteiger partial charge in [0.15, 0.2) is 0 Å². The molecular formula is C25H30ClN3O2. The number of aromatic amines is 1. The van der Waals surface area contributed by atoms with E-state index in [-0.39, 0.29) is 24.2 Å². The predicted molar refractivity (Wildman–Crippen MR) is 126 cm³/mol. The summed E-state index contributed by atoms with van der Waals surface area (Å²) in [5, 5.41) is 6.91. The molecule has 2 aromatic carbocycles. The summed E-state index contributed by atoms with van der Waals surface area (Å²) in [7, 11) is 1.67. The van der Waals surface area contributed by atoms with Gasteiger partial charge in [-0.25, -0.2) is 0 Å². The van der Waals surface area contributed by atoms with Gasteiger partial charge >= 0.3 is 0 Å². The number of ether oxygens (including phenoxy) is 1. The molecule has 31 heavy (non-hydrogen) atoms. The van der Waals surface area contributed by atoms with Crippen LogP contribution in [0.2, 0.25) is 0 Å². The predicted octanol–water partition coefficient (Wildman–Crippen LogP) is 5.62. The number of aromatic nitrogens is 2. The highest BCUT2D eigenvalue weighted by molar-refractivity contribution is 5.98. The van der Waals surface area contributed by atoms with Gasteiger partial charge in [-0.1, -0.05) is 32.0 Å². The molecular weight excluding hydrogens is 410 g/mol. The number of rotatable bonds is 6. The van der Waals surface area contributed by atoms with Crippen LogP contribution in [-0.2, 0) is 17.8 Å². The van der Waals surface area contributed by atoms with Gasteiger partial charge in [-0.2, -0.15) is 5.10 Å². The van der Waals surface area contributed by atoms with E-state index in [0.29, 0.717) is 12.5 Å². The van der Waals surface area contributed by atoms with Crippen molar-refractivity contribution < 1.29 is 9.53 Å². The number of fused-ring (bicyclic) bond motifs is 1. The molecule has 0 saturated carbocycles. The number of anilines is 1. The molecule has 1 amide bonds. The Morgan fingerprint density at radius 2 is 2.00 bits per heavy atom. The molecule has 0 spiro atoms. The largest absolute Gasteiger partial charge is 0.497 e. The average Bonchev–Trinajstić information content (AvgIpc) is 3.29. The lowest BCUT2D eigenvalue weighted by Crippen LogP contribution is -2.36. The maximum Gasteiger partial charge on any atom is 0.234 e. The zero-order valence-electron chi connectivity index (χ0n) is 18.3. The molecule has 5 nitrogen and oxygen atoms in total. The van der Waals surface area contributed by atoms with E-state index >= 15 is 0 Å². The molecule has 0 aliphatic heterocycles. The molecule has 1 aliphatic carbocycles. The maximum atomic E-state index is 13.9. The van der Waals surface area contributed by atoms with Gasteiger partial charge in [-0.05, 0) is 66.1 Å². The molecule has 1 aliphatic rings. The second kappa shape index (κ2) is 10.0. The number of hydrogen-bond donors (Lipinski definition) is 1. The average molecular weight is 440 g/mol. The van der Waals surface area contributed by atoms with Crippen LogP contribution in [0.25, 0.3) is 0 Å². The van der Waals surface area contributed by atoms with Crippen molar-refractivity contribution in [1.82, 2.24) is 10.2 Å². The molecule has 1 atom stereocenters. The highest BCUT2D eigenvalue weighted by Gasteiger charge is 2.31. The lowest BCUT2D eigenvalue weighted by Gasteiger charge is -2.31. The van der Waals surface area contributed by atoms with E-state index in [9.17, 15) is 4.79 Å². The van der Waals surface area contributed by atoms with Crippen molar-refractivity contribution in [3.8, 4) is 5.75 Å². The quantitative estimate of drug-likeness (QED) is 0.542. The fourth-order valence-electron chi connectivity index (χ4n) is 4.23.